The Morgan fingerprint density at radius 2 is 2.30 bits per heavy atom. The largest absolute Gasteiger partial charge is 0.325 e. The van der Waals surface area contributed by atoms with Crippen molar-refractivity contribution in [1.29, 1.82) is 0 Å². The summed E-state index contributed by atoms with van der Waals surface area (Å²) in [5.74, 6) is 0. The van der Waals surface area contributed by atoms with E-state index in [0.29, 0.717) is 6.54 Å². The van der Waals surface area contributed by atoms with Gasteiger partial charge < -0.3 is 5.73 Å². The highest BCUT2D eigenvalue weighted by Gasteiger charge is 1.95. The Bertz CT molecular complexity index is 235. The van der Waals surface area contributed by atoms with Gasteiger partial charge in [-0.15, -0.1) is 0 Å². The molecule has 0 aliphatic carbocycles. The lowest BCUT2D eigenvalue weighted by molar-refractivity contribution is 0.972. The second kappa shape index (κ2) is 3.12. The summed E-state index contributed by atoms with van der Waals surface area (Å²) in [7, 11) is 0. The molecule has 54 valence electrons. The van der Waals surface area contributed by atoms with Crippen molar-refractivity contribution in [2.75, 3.05) is 0 Å². The quantitative estimate of drug-likeness (QED) is 0.701. The van der Waals surface area contributed by atoms with Crippen molar-refractivity contribution in [2.45, 2.75) is 13.5 Å². The van der Waals surface area contributed by atoms with Crippen molar-refractivity contribution in [3.63, 3.8) is 0 Å². The molecule has 1 aromatic rings. The Hall–Kier alpha value is -0.410. The average Bonchev–Trinajstić information content (AvgIpc) is 1.95. The number of hydrogen-bond acceptors (Lipinski definition) is 2. The van der Waals surface area contributed by atoms with Crippen LogP contribution in [0.2, 0.25) is 0 Å². The third-order valence-corrected chi connectivity index (χ3v) is 2.10. The van der Waals surface area contributed by atoms with Crippen molar-refractivity contribution in [3.05, 3.63) is 28.0 Å². The molecule has 1 aromatic heterocycles. The van der Waals surface area contributed by atoms with Gasteiger partial charge in [0.05, 0.1) is 5.69 Å². The lowest BCUT2D eigenvalue weighted by atomic mass is 10.3. The van der Waals surface area contributed by atoms with E-state index in [1.165, 1.54) is 0 Å². The first-order valence-corrected chi connectivity index (χ1v) is 3.85. The fourth-order valence-electron chi connectivity index (χ4n) is 0.655. The monoisotopic (exact) mass is 200 g/mol. The predicted octanol–water partition coefficient (Wildman–Crippen LogP) is 1.61. The van der Waals surface area contributed by atoms with Crippen LogP contribution in [0, 0.1) is 6.92 Å². The molecule has 0 unspecified atom stereocenters. The maximum Gasteiger partial charge on any atom is 0.109 e. The summed E-state index contributed by atoms with van der Waals surface area (Å²) in [6.07, 6.45) is 0. The van der Waals surface area contributed by atoms with Crippen LogP contribution in [0.15, 0.2) is 16.7 Å². The van der Waals surface area contributed by atoms with E-state index >= 15 is 0 Å². The Balaban J connectivity index is 3.04. The van der Waals surface area contributed by atoms with Gasteiger partial charge in [0.1, 0.15) is 4.60 Å². The molecule has 0 saturated carbocycles. The summed E-state index contributed by atoms with van der Waals surface area (Å²) in [5.41, 5.74) is 7.44. The molecule has 0 saturated heterocycles. The van der Waals surface area contributed by atoms with Crippen LogP contribution >= 0.6 is 15.9 Å². The van der Waals surface area contributed by atoms with Crippen LogP contribution in [0.4, 0.5) is 0 Å². The highest BCUT2D eigenvalue weighted by atomic mass is 79.9. The lowest BCUT2D eigenvalue weighted by Crippen LogP contribution is -1.99. The minimum absolute atomic E-state index is 0.499. The van der Waals surface area contributed by atoms with Gasteiger partial charge in [0.2, 0.25) is 0 Å². The molecule has 0 spiro atoms. The van der Waals surface area contributed by atoms with Crippen LogP contribution < -0.4 is 5.73 Å². The van der Waals surface area contributed by atoms with Gasteiger partial charge in [0.25, 0.3) is 0 Å². The Labute approximate surface area is 68.6 Å². The first kappa shape index (κ1) is 7.69. The van der Waals surface area contributed by atoms with E-state index in [2.05, 4.69) is 20.9 Å². The summed E-state index contributed by atoms with van der Waals surface area (Å²) >= 11 is 3.32. The molecule has 2 N–H and O–H groups in total. The van der Waals surface area contributed by atoms with E-state index in [1.54, 1.807) is 0 Å². The van der Waals surface area contributed by atoms with E-state index in [4.69, 9.17) is 5.73 Å². The molecule has 0 radical (unpaired) electrons. The van der Waals surface area contributed by atoms with Crippen LogP contribution in [0.5, 0.6) is 0 Å². The van der Waals surface area contributed by atoms with Crippen LogP contribution in [-0.4, -0.2) is 4.98 Å². The molecule has 0 amide bonds. The van der Waals surface area contributed by atoms with Gasteiger partial charge in [-0.3, -0.25) is 0 Å². The zero-order chi connectivity index (χ0) is 7.56. The van der Waals surface area contributed by atoms with Crippen LogP contribution in [0.1, 0.15) is 11.3 Å². The van der Waals surface area contributed by atoms with Crippen molar-refractivity contribution in [3.8, 4) is 0 Å². The van der Waals surface area contributed by atoms with Crippen molar-refractivity contribution in [2.24, 2.45) is 5.73 Å². The summed E-state index contributed by atoms with van der Waals surface area (Å²) in [4.78, 5) is 4.18. The maximum absolute atomic E-state index is 5.39. The van der Waals surface area contributed by atoms with Gasteiger partial charge in [0.15, 0.2) is 0 Å². The van der Waals surface area contributed by atoms with Gasteiger partial charge in [-0.1, -0.05) is 6.07 Å². The van der Waals surface area contributed by atoms with E-state index < -0.39 is 0 Å². The Kier molecular flexibility index (Phi) is 2.40. The molecule has 0 fully saturated rings. The smallest absolute Gasteiger partial charge is 0.109 e. The minimum atomic E-state index is 0.499. The topological polar surface area (TPSA) is 38.9 Å². The molecule has 0 aliphatic rings. The molecular weight excluding hydrogens is 192 g/mol. The Morgan fingerprint density at radius 1 is 1.60 bits per heavy atom. The minimum Gasteiger partial charge on any atom is -0.325 e. The van der Waals surface area contributed by atoms with Gasteiger partial charge >= 0.3 is 0 Å². The van der Waals surface area contributed by atoms with E-state index in [-0.39, 0.29) is 0 Å². The fraction of sp³-hybridized carbons (Fsp3) is 0.286. The van der Waals surface area contributed by atoms with E-state index in [0.717, 1.165) is 15.9 Å². The summed E-state index contributed by atoms with van der Waals surface area (Å²) in [5, 5.41) is 0. The molecule has 0 atom stereocenters. The molecule has 10 heavy (non-hydrogen) atoms. The molecule has 1 rings (SSSR count). The molecule has 1 heterocycles. The highest BCUT2D eigenvalue weighted by Crippen LogP contribution is 2.12. The first-order chi connectivity index (χ1) is 4.74. The SMILES string of the molecule is Cc1ccc(CN)nc1Br. The maximum atomic E-state index is 5.39. The molecule has 0 aliphatic heterocycles. The van der Waals surface area contributed by atoms with Crippen LogP contribution in [-0.2, 0) is 6.54 Å². The van der Waals surface area contributed by atoms with Gasteiger partial charge in [0, 0.05) is 6.54 Å². The zero-order valence-electron chi connectivity index (χ0n) is 5.76. The van der Waals surface area contributed by atoms with Gasteiger partial charge in [-0.2, -0.15) is 0 Å². The average molecular weight is 201 g/mol. The van der Waals surface area contributed by atoms with Crippen molar-refractivity contribution >= 4 is 15.9 Å². The number of aromatic nitrogens is 1. The number of pyridine rings is 1. The van der Waals surface area contributed by atoms with Crippen molar-refractivity contribution in [1.82, 2.24) is 4.98 Å². The number of rotatable bonds is 1. The van der Waals surface area contributed by atoms with Gasteiger partial charge in [-0.25, -0.2) is 4.98 Å². The number of hydrogen-bond donors (Lipinski definition) is 1. The number of nitrogens with zero attached hydrogens (tertiary/aromatic N) is 1. The summed E-state index contributed by atoms with van der Waals surface area (Å²) in [6.45, 7) is 2.50. The Morgan fingerprint density at radius 3 is 2.80 bits per heavy atom. The van der Waals surface area contributed by atoms with Crippen molar-refractivity contribution < 1.29 is 0 Å². The molecule has 0 bridgehead atoms. The zero-order valence-corrected chi connectivity index (χ0v) is 7.35. The summed E-state index contributed by atoms with van der Waals surface area (Å²) < 4.78 is 0.885. The third-order valence-electron chi connectivity index (χ3n) is 1.30. The van der Waals surface area contributed by atoms with E-state index in [1.807, 2.05) is 19.1 Å². The normalized spacial score (nSPS) is 9.90. The second-order valence-corrected chi connectivity index (χ2v) is 2.87. The molecule has 3 heteroatoms. The van der Waals surface area contributed by atoms with Gasteiger partial charge in [-0.05, 0) is 34.5 Å². The predicted molar refractivity (Wildman–Crippen MR) is 44.6 cm³/mol. The number of nitrogens with two attached hydrogens (primary N) is 1. The highest BCUT2D eigenvalue weighted by molar-refractivity contribution is 9.10. The molecular formula is C7H9BrN2. The number of aryl methyl sites for hydroxylation is 1. The van der Waals surface area contributed by atoms with Crippen LogP contribution in [0.25, 0.3) is 0 Å². The molecule has 0 aromatic carbocycles. The number of halogens is 1. The first-order valence-electron chi connectivity index (χ1n) is 3.06. The fourth-order valence-corrected chi connectivity index (χ4v) is 1.02. The molecule has 2 nitrogen and oxygen atoms in total. The lowest BCUT2D eigenvalue weighted by Gasteiger charge is -1.98. The second-order valence-electron chi connectivity index (χ2n) is 2.11. The van der Waals surface area contributed by atoms with Crippen LogP contribution in [0.3, 0.4) is 0 Å². The third kappa shape index (κ3) is 1.55. The standard InChI is InChI=1S/C7H9BrN2/c1-5-2-3-6(4-9)10-7(5)8/h2-3H,4,9H2,1H3. The van der Waals surface area contributed by atoms with E-state index in [9.17, 15) is 0 Å². The summed E-state index contributed by atoms with van der Waals surface area (Å²) in [6, 6.07) is 3.93.